The maximum atomic E-state index is 13.1. The molecule has 3 rings (SSSR count). The minimum absolute atomic E-state index is 0.150. The van der Waals surface area contributed by atoms with Crippen molar-refractivity contribution in [3.8, 4) is 0 Å². The molecule has 3 aromatic carbocycles. The van der Waals surface area contributed by atoms with Crippen LogP contribution in [-0.4, -0.2) is 18.4 Å². The molecule has 0 atom stereocenters. The number of anilines is 2. The van der Waals surface area contributed by atoms with Gasteiger partial charge in [-0.25, -0.2) is 0 Å². The number of rotatable bonds is 5. The summed E-state index contributed by atoms with van der Waals surface area (Å²) in [5.74, 6) is -0.387. The first-order chi connectivity index (χ1) is 13.1. The first-order valence-corrected chi connectivity index (χ1v) is 8.94. The van der Waals surface area contributed by atoms with Crippen LogP contribution in [0.4, 0.5) is 11.4 Å². The van der Waals surface area contributed by atoms with Gasteiger partial charge in [0.15, 0.2) is 0 Å². The van der Waals surface area contributed by atoms with Gasteiger partial charge in [-0.1, -0.05) is 48.0 Å². The largest absolute Gasteiger partial charge is 0.321 e. The highest BCUT2D eigenvalue weighted by molar-refractivity contribution is 6.13. The van der Waals surface area contributed by atoms with Crippen LogP contribution in [0.2, 0.25) is 0 Å². The molecule has 0 unspecified atom stereocenters. The molecule has 0 saturated heterocycles. The third-order valence-electron chi connectivity index (χ3n) is 4.35. The topological polar surface area (TPSA) is 49.4 Å². The second-order valence-corrected chi connectivity index (χ2v) is 6.25. The van der Waals surface area contributed by atoms with Gasteiger partial charge in [-0.3, -0.25) is 9.59 Å². The van der Waals surface area contributed by atoms with Crippen molar-refractivity contribution in [1.82, 2.24) is 0 Å². The molecule has 0 aromatic heterocycles. The molecule has 0 bridgehead atoms. The third kappa shape index (κ3) is 4.23. The predicted octanol–water partition coefficient (Wildman–Crippen LogP) is 4.91. The molecule has 0 radical (unpaired) electrons. The molecule has 27 heavy (non-hydrogen) atoms. The van der Waals surface area contributed by atoms with Crippen LogP contribution in [0.3, 0.4) is 0 Å². The van der Waals surface area contributed by atoms with Crippen molar-refractivity contribution >= 4 is 23.2 Å². The highest BCUT2D eigenvalue weighted by Crippen LogP contribution is 2.22. The van der Waals surface area contributed by atoms with Crippen molar-refractivity contribution in [2.45, 2.75) is 13.8 Å². The van der Waals surface area contributed by atoms with E-state index in [0.717, 1.165) is 11.3 Å². The Kier molecular flexibility index (Phi) is 5.67. The number of para-hydroxylation sites is 2. The average Bonchev–Trinajstić information content (AvgIpc) is 2.70. The Hall–Kier alpha value is -3.40. The maximum Gasteiger partial charge on any atom is 0.260 e. The van der Waals surface area contributed by atoms with Crippen LogP contribution in [0.15, 0.2) is 78.9 Å². The van der Waals surface area contributed by atoms with Crippen LogP contribution in [0.1, 0.15) is 33.2 Å². The van der Waals surface area contributed by atoms with E-state index in [1.165, 1.54) is 0 Å². The summed E-state index contributed by atoms with van der Waals surface area (Å²) in [6.45, 7) is 4.43. The van der Waals surface area contributed by atoms with Crippen molar-refractivity contribution in [2.24, 2.45) is 0 Å². The van der Waals surface area contributed by atoms with E-state index in [1.54, 1.807) is 41.3 Å². The van der Waals surface area contributed by atoms with E-state index in [0.29, 0.717) is 23.4 Å². The monoisotopic (exact) mass is 358 g/mol. The molecule has 0 aliphatic rings. The van der Waals surface area contributed by atoms with Crippen LogP contribution in [0.5, 0.6) is 0 Å². The van der Waals surface area contributed by atoms with E-state index < -0.39 is 0 Å². The molecule has 136 valence electrons. The summed E-state index contributed by atoms with van der Waals surface area (Å²) in [6, 6.07) is 23.9. The van der Waals surface area contributed by atoms with Crippen molar-refractivity contribution in [2.75, 3.05) is 16.8 Å². The van der Waals surface area contributed by atoms with Gasteiger partial charge >= 0.3 is 0 Å². The molecule has 0 aliphatic heterocycles. The lowest BCUT2D eigenvalue weighted by atomic mass is 10.1. The molecular formula is C23H22N2O2. The smallest absolute Gasteiger partial charge is 0.260 e. The summed E-state index contributed by atoms with van der Waals surface area (Å²) in [7, 11) is 0. The number of amides is 2. The summed E-state index contributed by atoms with van der Waals surface area (Å²) in [6.07, 6.45) is 0. The zero-order valence-electron chi connectivity index (χ0n) is 15.5. The number of hydrogen-bond acceptors (Lipinski definition) is 2. The zero-order valence-corrected chi connectivity index (χ0v) is 15.5. The van der Waals surface area contributed by atoms with Gasteiger partial charge in [0.25, 0.3) is 11.8 Å². The molecule has 4 heteroatoms. The van der Waals surface area contributed by atoms with E-state index in [9.17, 15) is 9.59 Å². The highest BCUT2D eigenvalue weighted by atomic mass is 16.2. The van der Waals surface area contributed by atoms with Gasteiger partial charge in [-0.05, 0) is 50.2 Å². The summed E-state index contributed by atoms with van der Waals surface area (Å²) in [5.41, 5.74) is 3.43. The van der Waals surface area contributed by atoms with Gasteiger partial charge < -0.3 is 10.2 Å². The maximum absolute atomic E-state index is 13.1. The number of nitrogens with one attached hydrogen (secondary N) is 1. The molecule has 2 amide bonds. The van der Waals surface area contributed by atoms with E-state index in [1.807, 2.05) is 56.3 Å². The standard InChI is InChI=1S/C23H22N2O2/c1-3-25(19-9-5-4-6-10-19)23(27)20-11-7-8-12-21(20)24-22(26)18-15-13-17(2)14-16-18/h4-16H,3H2,1-2H3,(H,24,26). The first-order valence-electron chi connectivity index (χ1n) is 8.94. The number of carbonyl (C=O) groups excluding carboxylic acids is 2. The second kappa shape index (κ2) is 8.32. The van der Waals surface area contributed by atoms with E-state index in [2.05, 4.69) is 5.32 Å². The molecule has 0 fully saturated rings. The van der Waals surface area contributed by atoms with Gasteiger partial charge in [-0.2, -0.15) is 0 Å². The van der Waals surface area contributed by atoms with E-state index in [-0.39, 0.29) is 11.8 Å². The predicted molar refractivity (Wildman–Crippen MR) is 109 cm³/mol. The van der Waals surface area contributed by atoms with Gasteiger partial charge in [0.1, 0.15) is 0 Å². The Bertz CT molecular complexity index is 934. The van der Waals surface area contributed by atoms with Crippen LogP contribution >= 0.6 is 0 Å². The number of carbonyl (C=O) groups is 2. The van der Waals surface area contributed by atoms with Gasteiger partial charge in [0.05, 0.1) is 11.3 Å². The lowest BCUT2D eigenvalue weighted by Gasteiger charge is -2.22. The molecule has 4 nitrogen and oxygen atoms in total. The minimum atomic E-state index is -0.238. The molecule has 1 N–H and O–H groups in total. The fourth-order valence-corrected chi connectivity index (χ4v) is 2.87. The third-order valence-corrected chi connectivity index (χ3v) is 4.35. The number of hydrogen-bond donors (Lipinski definition) is 1. The summed E-state index contributed by atoms with van der Waals surface area (Å²) in [4.78, 5) is 27.4. The van der Waals surface area contributed by atoms with Gasteiger partial charge in [0.2, 0.25) is 0 Å². The van der Waals surface area contributed by atoms with Crippen LogP contribution in [0, 0.1) is 6.92 Å². The average molecular weight is 358 g/mol. The summed E-state index contributed by atoms with van der Waals surface area (Å²) < 4.78 is 0. The number of benzene rings is 3. The summed E-state index contributed by atoms with van der Waals surface area (Å²) in [5, 5.41) is 2.87. The van der Waals surface area contributed by atoms with Gasteiger partial charge in [0, 0.05) is 17.8 Å². The molecule has 3 aromatic rings. The second-order valence-electron chi connectivity index (χ2n) is 6.25. The fraction of sp³-hybridized carbons (Fsp3) is 0.130. The quantitative estimate of drug-likeness (QED) is 0.704. The Morgan fingerprint density at radius 1 is 0.852 bits per heavy atom. The van der Waals surface area contributed by atoms with Crippen molar-refractivity contribution in [3.05, 3.63) is 95.6 Å². The molecule has 0 aliphatic carbocycles. The van der Waals surface area contributed by atoms with Crippen molar-refractivity contribution < 1.29 is 9.59 Å². The fourth-order valence-electron chi connectivity index (χ4n) is 2.87. The highest BCUT2D eigenvalue weighted by Gasteiger charge is 2.20. The van der Waals surface area contributed by atoms with E-state index >= 15 is 0 Å². The normalized spacial score (nSPS) is 10.3. The Morgan fingerprint density at radius 3 is 2.15 bits per heavy atom. The van der Waals surface area contributed by atoms with Crippen LogP contribution in [0.25, 0.3) is 0 Å². The van der Waals surface area contributed by atoms with E-state index in [4.69, 9.17) is 0 Å². The number of aryl methyl sites for hydroxylation is 1. The summed E-state index contributed by atoms with van der Waals surface area (Å²) >= 11 is 0. The number of nitrogens with zero attached hydrogens (tertiary/aromatic N) is 1. The molecule has 0 saturated carbocycles. The van der Waals surface area contributed by atoms with Crippen molar-refractivity contribution in [1.29, 1.82) is 0 Å². The molecular weight excluding hydrogens is 336 g/mol. The molecule has 0 heterocycles. The van der Waals surface area contributed by atoms with Gasteiger partial charge in [-0.15, -0.1) is 0 Å². The SMILES string of the molecule is CCN(C(=O)c1ccccc1NC(=O)c1ccc(C)cc1)c1ccccc1. The lowest BCUT2D eigenvalue weighted by molar-refractivity contribution is 0.0989. The van der Waals surface area contributed by atoms with Crippen LogP contribution in [-0.2, 0) is 0 Å². The Balaban J connectivity index is 1.88. The van der Waals surface area contributed by atoms with Crippen LogP contribution < -0.4 is 10.2 Å². The zero-order chi connectivity index (χ0) is 19.2. The lowest BCUT2D eigenvalue weighted by Crippen LogP contribution is -2.31. The van der Waals surface area contributed by atoms with Crippen molar-refractivity contribution in [3.63, 3.8) is 0 Å². The molecule has 0 spiro atoms. The first kappa shape index (κ1) is 18.4. The Labute approximate surface area is 159 Å². The minimum Gasteiger partial charge on any atom is -0.321 e. The Morgan fingerprint density at radius 2 is 1.48 bits per heavy atom.